The van der Waals surface area contributed by atoms with Crippen molar-refractivity contribution in [3.63, 3.8) is 0 Å². The molecule has 1 aromatic carbocycles. The summed E-state index contributed by atoms with van der Waals surface area (Å²) in [5.41, 5.74) is 6.07. The molecular weight excluding hydrogens is 265 g/mol. The van der Waals surface area contributed by atoms with Crippen LogP contribution in [-0.4, -0.2) is 24.0 Å². The predicted molar refractivity (Wildman–Crippen MR) is 78.6 cm³/mol. The first-order valence-electron chi connectivity index (χ1n) is 6.00. The second-order valence-electron chi connectivity index (χ2n) is 4.61. The van der Waals surface area contributed by atoms with Gasteiger partial charge in [0.1, 0.15) is 10.8 Å². The van der Waals surface area contributed by atoms with Crippen LogP contribution in [0.3, 0.4) is 0 Å². The highest BCUT2D eigenvalue weighted by molar-refractivity contribution is 7.80. The number of nitrogens with two attached hydrogens (primary N) is 1. The Kier molecular flexibility index (Phi) is 5.69. The van der Waals surface area contributed by atoms with Crippen molar-refractivity contribution in [1.29, 1.82) is 0 Å². The first kappa shape index (κ1) is 15.4. The lowest BCUT2D eigenvalue weighted by atomic mass is 10.2. The largest absolute Gasteiger partial charge is 0.389 e. The number of carbonyl (C=O) groups is 1. The minimum Gasteiger partial charge on any atom is -0.389 e. The fourth-order valence-electron chi connectivity index (χ4n) is 1.39. The van der Waals surface area contributed by atoms with E-state index in [1.54, 1.807) is 6.07 Å². The Morgan fingerprint density at radius 1 is 1.47 bits per heavy atom. The number of rotatable bonds is 6. The van der Waals surface area contributed by atoms with Gasteiger partial charge in [0.15, 0.2) is 0 Å². The van der Waals surface area contributed by atoms with Gasteiger partial charge in [0, 0.05) is 17.8 Å². The van der Waals surface area contributed by atoms with Gasteiger partial charge in [-0.05, 0) is 24.1 Å². The molecule has 1 amide bonds. The molecule has 104 valence electrons. The van der Waals surface area contributed by atoms with Crippen molar-refractivity contribution in [1.82, 2.24) is 5.32 Å². The number of hydrogen-bond donors (Lipinski definition) is 3. The van der Waals surface area contributed by atoms with Gasteiger partial charge in [-0.2, -0.15) is 0 Å². The van der Waals surface area contributed by atoms with Crippen LogP contribution in [0.25, 0.3) is 0 Å². The number of thiocarbonyl (C=S) groups is 1. The third kappa shape index (κ3) is 5.21. The highest BCUT2D eigenvalue weighted by Crippen LogP contribution is 2.14. The predicted octanol–water partition coefficient (Wildman–Crippen LogP) is 1.64. The van der Waals surface area contributed by atoms with Crippen molar-refractivity contribution in [3.8, 4) is 0 Å². The molecule has 0 aliphatic heterocycles. The number of hydrogen-bond acceptors (Lipinski definition) is 3. The molecular formula is C13H18FN3OS. The first-order chi connectivity index (χ1) is 8.90. The van der Waals surface area contributed by atoms with Gasteiger partial charge < -0.3 is 16.4 Å². The zero-order valence-corrected chi connectivity index (χ0v) is 11.8. The molecule has 4 N–H and O–H groups in total. The zero-order chi connectivity index (χ0) is 14.4. The topological polar surface area (TPSA) is 67.2 Å². The van der Waals surface area contributed by atoms with E-state index in [1.807, 2.05) is 13.8 Å². The quantitative estimate of drug-likeness (QED) is 0.694. The van der Waals surface area contributed by atoms with Crippen molar-refractivity contribution in [3.05, 3.63) is 29.6 Å². The van der Waals surface area contributed by atoms with E-state index < -0.39 is 5.82 Å². The van der Waals surface area contributed by atoms with E-state index in [1.165, 1.54) is 12.1 Å². The first-order valence-corrected chi connectivity index (χ1v) is 6.41. The van der Waals surface area contributed by atoms with Crippen molar-refractivity contribution in [2.24, 2.45) is 11.7 Å². The molecule has 6 heteroatoms. The maximum Gasteiger partial charge on any atom is 0.239 e. The van der Waals surface area contributed by atoms with E-state index in [0.29, 0.717) is 18.2 Å². The van der Waals surface area contributed by atoms with Crippen LogP contribution >= 0.6 is 12.2 Å². The molecule has 4 nitrogen and oxygen atoms in total. The van der Waals surface area contributed by atoms with Crippen molar-refractivity contribution in [2.75, 3.05) is 18.4 Å². The molecule has 0 aromatic heterocycles. The molecule has 0 saturated carbocycles. The average molecular weight is 283 g/mol. The van der Waals surface area contributed by atoms with Gasteiger partial charge in [-0.15, -0.1) is 0 Å². The lowest BCUT2D eigenvalue weighted by Crippen LogP contribution is -2.32. The van der Waals surface area contributed by atoms with Gasteiger partial charge in [0.05, 0.1) is 6.54 Å². The van der Waals surface area contributed by atoms with Crippen LogP contribution in [-0.2, 0) is 4.79 Å². The minimum atomic E-state index is -0.500. The lowest BCUT2D eigenvalue weighted by molar-refractivity contribution is -0.119. The smallest absolute Gasteiger partial charge is 0.239 e. The van der Waals surface area contributed by atoms with Crippen LogP contribution in [0, 0.1) is 11.7 Å². The molecule has 0 saturated heterocycles. The summed E-state index contributed by atoms with van der Waals surface area (Å²) in [6.07, 6.45) is 0. The van der Waals surface area contributed by atoms with E-state index >= 15 is 0 Å². The Morgan fingerprint density at radius 3 is 2.68 bits per heavy atom. The Hall–Kier alpha value is -1.69. The van der Waals surface area contributed by atoms with Crippen LogP contribution < -0.4 is 16.4 Å². The van der Waals surface area contributed by atoms with E-state index in [9.17, 15) is 9.18 Å². The number of anilines is 1. The molecule has 1 rings (SSSR count). The summed E-state index contributed by atoms with van der Waals surface area (Å²) in [7, 11) is 0. The van der Waals surface area contributed by atoms with E-state index in [0.717, 1.165) is 0 Å². The fraction of sp³-hybridized carbons (Fsp3) is 0.385. The number of nitrogens with one attached hydrogen (secondary N) is 2. The lowest BCUT2D eigenvalue weighted by Gasteiger charge is -2.10. The molecule has 0 aliphatic rings. The van der Waals surface area contributed by atoms with Gasteiger partial charge in [-0.25, -0.2) is 4.39 Å². The van der Waals surface area contributed by atoms with E-state index in [4.69, 9.17) is 18.0 Å². The Labute approximate surface area is 117 Å². The van der Waals surface area contributed by atoms with Crippen LogP contribution in [0.15, 0.2) is 18.2 Å². The van der Waals surface area contributed by atoms with Gasteiger partial charge in [0.2, 0.25) is 5.91 Å². The monoisotopic (exact) mass is 283 g/mol. The van der Waals surface area contributed by atoms with E-state index in [2.05, 4.69) is 10.6 Å². The molecule has 0 atom stereocenters. The maximum absolute atomic E-state index is 13.6. The van der Waals surface area contributed by atoms with Crippen molar-refractivity contribution >= 4 is 28.8 Å². The van der Waals surface area contributed by atoms with Crippen LogP contribution in [0.4, 0.5) is 10.1 Å². The van der Waals surface area contributed by atoms with Crippen LogP contribution in [0.5, 0.6) is 0 Å². The fourth-order valence-corrected chi connectivity index (χ4v) is 1.55. The average Bonchev–Trinajstić information content (AvgIpc) is 2.33. The standard InChI is InChI=1S/C13H18FN3OS/c1-8(2)6-17-12(18)7-16-9-3-4-10(13(15)19)11(14)5-9/h3-5,8,16H,6-7H2,1-2H3,(H2,15,19)(H,17,18). The van der Waals surface area contributed by atoms with Gasteiger partial charge in [-0.3, -0.25) is 4.79 Å². The number of amides is 1. The highest BCUT2D eigenvalue weighted by atomic mass is 32.1. The normalized spacial score (nSPS) is 10.3. The molecule has 0 radical (unpaired) electrons. The molecule has 0 spiro atoms. The summed E-state index contributed by atoms with van der Waals surface area (Å²) in [6.45, 7) is 4.74. The third-order valence-electron chi connectivity index (χ3n) is 2.40. The molecule has 0 heterocycles. The molecule has 0 fully saturated rings. The molecule has 19 heavy (non-hydrogen) atoms. The van der Waals surface area contributed by atoms with Gasteiger partial charge in [0.25, 0.3) is 0 Å². The summed E-state index contributed by atoms with van der Waals surface area (Å²) in [6, 6.07) is 4.39. The number of carbonyl (C=O) groups excluding carboxylic acids is 1. The molecule has 0 unspecified atom stereocenters. The van der Waals surface area contributed by atoms with Crippen LogP contribution in [0.1, 0.15) is 19.4 Å². The van der Waals surface area contributed by atoms with Gasteiger partial charge >= 0.3 is 0 Å². The Balaban J connectivity index is 2.52. The third-order valence-corrected chi connectivity index (χ3v) is 2.62. The SMILES string of the molecule is CC(C)CNC(=O)CNc1ccc(C(N)=S)c(F)c1. The van der Waals surface area contributed by atoms with Crippen LogP contribution in [0.2, 0.25) is 0 Å². The summed E-state index contributed by atoms with van der Waals surface area (Å²) in [5.74, 6) is -0.237. The summed E-state index contributed by atoms with van der Waals surface area (Å²) < 4.78 is 13.6. The maximum atomic E-state index is 13.6. The Morgan fingerprint density at radius 2 is 2.16 bits per heavy atom. The Bertz CT molecular complexity index is 477. The van der Waals surface area contributed by atoms with Crippen molar-refractivity contribution < 1.29 is 9.18 Å². The second kappa shape index (κ2) is 7.04. The second-order valence-corrected chi connectivity index (χ2v) is 5.05. The summed E-state index contributed by atoms with van der Waals surface area (Å²) in [4.78, 5) is 11.5. The highest BCUT2D eigenvalue weighted by Gasteiger charge is 2.07. The molecule has 0 aliphatic carbocycles. The van der Waals surface area contributed by atoms with E-state index in [-0.39, 0.29) is 23.0 Å². The molecule has 0 bridgehead atoms. The number of benzene rings is 1. The van der Waals surface area contributed by atoms with Crippen molar-refractivity contribution in [2.45, 2.75) is 13.8 Å². The molecule has 1 aromatic rings. The number of halogens is 1. The summed E-state index contributed by atoms with van der Waals surface area (Å²) in [5, 5.41) is 5.60. The zero-order valence-electron chi connectivity index (χ0n) is 11.0. The van der Waals surface area contributed by atoms with Gasteiger partial charge in [-0.1, -0.05) is 26.1 Å². The summed E-state index contributed by atoms with van der Waals surface area (Å²) >= 11 is 4.71. The minimum absolute atomic E-state index is 0.0127.